The van der Waals surface area contributed by atoms with Crippen molar-refractivity contribution in [3.8, 4) is 0 Å². The van der Waals surface area contributed by atoms with Crippen LogP contribution in [0.3, 0.4) is 0 Å². The highest BCUT2D eigenvalue weighted by molar-refractivity contribution is 7.89. The Morgan fingerprint density at radius 1 is 0.913 bits per heavy atom. The summed E-state index contributed by atoms with van der Waals surface area (Å²) in [6.07, 6.45) is 0. The van der Waals surface area contributed by atoms with Crippen LogP contribution in [0.1, 0.15) is 5.56 Å². The molecule has 2 amide bonds. The van der Waals surface area contributed by atoms with Gasteiger partial charge in [-0.3, -0.25) is 9.59 Å². The van der Waals surface area contributed by atoms with Gasteiger partial charge in [-0.1, -0.05) is 42.5 Å². The Balaban J connectivity index is 2.03. The first-order valence-corrected chi connectivity index (χ1v) is 8.17. The summed E-state index contributed by atoms with van der Waals surface area (Å²) in [6, 6.07) is 14.6. The van der Waals surface area contributed by atoms with Crippen molar-refractivity contribution in [1.82, 2.24) is 5.32 Å². The minimum Gasteiger partial charge on any atom is -0.344 e. The molecular weight excluding hydrogens is 318 g/mol. The fourth-order valence-corrected chi connectivity index (χ4v) is 2.55. The molecular formula is C15H15N3O4S. The lowest BCUT2D eigenvalue weighted by atomic mass is 10.2. The molecule has 0 aliphatic heterocycles. The number of para-hydroxylation sites is 1. The van der Waals surface area contributed by atoms with Gasteiger partial charge in [0.2, 0.25) is 10.0 Å². The zero-order valence-corrected chi connectivity index (χ0v) is 12.8. The molecule has 23 heavy (non-hydrogen) atoms. The third-order valence-electron chi connectivity index (χ3n) is 2.94. The Hall–Kier alpha value is -2.71. The Kier molecular flexibility index (Phi) is 5.09. The molecule has 0 bridgehead atoms. The smallest absolute Gasteiger partial charge is 0.313 e. The lowest BCUT2D eigenvalue weighted by molar-refractivity contribution is -0.136. The summed E-state index contributed by atoms with van der Waals surface area (Å²) in [4.78, 5) is 23.4. The quantitative estimate of drug-likeness (QED) is 0.709. The van der Waals surface area contributed by atoms with Gasteiger partial charge in [-0.25, -0.2) is 13.6 Å². The van der Waals surface area contributed by atoms with Crippen LogP contribution in [-0.2, 0) is 26.2 Å². The number of hydrogen-bond donors (Lipinski definition) is 3. The molecule has 0 unspecified atom stereocenters. The number of anilines is 1. The number of hydrogen-bond acceptors (Lipinski definition) is 4. The normalized spacial score (nSPS) is 10.8. The van der Waals surface area contributed by atoms with Gasteiger partial charge >= 0.3 is 11.8 Å². The molecule has 0 fully saturated rings. The number of rotatable bonds is 4. The van der Waals surface area contributed by atoms with E-state index >= 15 is 0 Å². The molecule has 120 valence electrons. The van der Waals surface area contributed by atoms with Gasteiger partial charge in [0.05, 0.1) is 5.69 Å². The maximum Gasteiger partial charge on any atom is 0.313 e. The number of nitrogens with one attached hydrogen (secondary N) is 2. The third-order valence-corrected chi connectivity index (χ3v) is 3.91. The van der Waals surface area contributed by atoms with Crippen LogP contribution in [0.2, 0.25) is 0 Å². The summed E-state index contributed by atoms with van der Waals surface area (Å²) < 4.78 is 22.9. The number of primary sulfonamides is 1. The van der Waals surface area contributed by atoms with Crippen LogP contribution < -0.4 is 15.8 Å². The average molecular weight is 333 g/mol. The van der Waals surface area contributed by atoms with Gasteiger partial charge in [-0.2, -0.15) is 0 Å². The van der Waals surface area contributed by atoms with Gasteiger partial charge in [0.15, 0.2) is 0 Å². The van der Waals surface area contributed by atoms with Crippen LogP contribution in [0.4, 0.5) is 5.69 Å². The number of carbonyl (C=O) groups is 2. The summed E-state index contributed by atoms with van der Waals surface area (Å²) in [5.74, 6) is -1.85. The van der Waals surface area contributed by atoms with Crippen LogP contribution >= 0.6 is 0 Å². The van der Waals surface area contributed by atoms with E-state index in [9.17, 15) is 18.0 Å². The summed E-state index contributed by atoms with van der Waals surface area (Å²) in [5.41, 5.74) is 0.786. The summed E-state index contributed by atoms with van der Waals surface area (Å²) >= 11 is 0. The molecule has 0 aliphatic rings. The average Bonchev–Trinajstić information content (AvgIpc) is 2.53. The van der Waals surface area contributed by atoms with Gasteiger partial charge in [0.1, 0.15) is 4.90 Å². The van der Waals surface area contributed by atoms with Crippen LogP contribution in [0.5, 0.6) is 0 Å². The predicted octanol–water partition coefficient (Wildman–Crippen LogP) is 0.589. The van der Waals surface area contributed by atoms with Crippen molar-refractivity contribution >= 4 is 27.5 Å². The van der Waals surface area contributed by atoms with Crippen molar-refractivity contribution < 1.29 is 18.0 Å². The fraction of sp³-hybridized carbons (Fsp3) is 0.0667. The van der Waals surface area contributed by atoms with E-state index in [0.717, 1.165) is 5.56 Å². The van der Waals surface area contributed by atoms with Gasteiger partial charge in [-0.05, 0) is 17.7 Å². The standard InChI is InChI=1S/C15H15N3O4S/c16-23(21,22)13-9-5-4-8-12(13)18-15(20)14(19)17-10-11-6-2-1-3-7-11/h1-9H,10H2,(H,17,19)(H,18,20)(H2,16,21,22). The molecule has 4 N–H and O–H groups in total. The Labute approximate surface area is 133 Å². The first kappa shape index (κ1) is 16.7. The highest BCUT2D eigenvalue weighted by Crippen LogP contribution is 2.18. The van der Waals surface area contributed by atoms with E-state index in [-0.39, 0.29) is 17.1 Å². The van der Waals surface area contributed by atoms with Crippen molar-refractivity contribution in [2.24, 2.45) is 5.14 Å². The van der Waals surface area contributed by atoms with E-state index in [4.69, 9.17) is 5.14 Å². The van der Waals surface area contributed by atoms with E-state index in [1.165, 1.54) is 24.3 Å². The van der Waals surface area contributed by atoms with E-state index < -0.39 is 21.8 Å². The zero-order chi connectivity index (χ0) is 16.9. The fourth-order valence-electron chi connectivity index (χ4n) is 1.86. The second kappa shape index (κ2) is 7.03. The zero-order valence-electron chi connectivity index (χ0n) is 12.0. The summed E-state index contributed by atoms with van der Waals surface area (Å²) in [5, 5.41) is 9.75. The molecule has 0 spiro atoms. The Bertz CT molecular complexity index is 820. The maximum absolute atomic E-state index is 11.9. The van der Waals surface area contributed by atoms with E-state index in [1.807, 2.05) is 18.2 Å². The Morgan fingerprint density at radius 3 is 2.17 bits per heavy atom. The predicted molar refractivity (Wildman–Crippen MR) is 84.7 cm³/mol. The van der Waals surface area contributed by atoms with Crippen molar-refractivity contribution in [3.63, 3.8) is 0 Å². The molecule has 0 saturated carbocycles. The molecule has 0 aromatic heterocycles. The molecule has 2 aromatic carbocycles. The minimum atomic E-state index is -4.01. The highest BCUT2D eigenvalue weighted by atomic mass is 32.2. The SMILES string of the molecule is NS(=O)(=O)c1ccccc1NC(=O)C(=O)NCc1ccccc1. The van der Waals surface area contributed by atoms with Crippen LogP contribution in [0.25, 0.3) is 0 Å². The monoisotopic (exact) mass is 333 g/mol. The molecule has 2 rings (SSSR count). The lowest BCUT2D eigenvalue weighted by Gasteiger charge is -2.09. The molecule has 8 heteroatoms. The largest absolute Gasteiger partial charge is 0.344 e. The number of benzene rings is 2. The van der Waals surface area contributed by atoms with Crippen LogP contribution in [0.15, 0.2) is 59.5 Å². The second-order valence-electron chi connectivity index (χ2n) is 4.66. The Morgan fingerprint density at radius 2 is 1.52 bits per heavy atom. The molecule has 2 aromatic rings. The first-order valence-electron chi connectivity index (χ1n) is 6.63. The third kappa shape index (κ3) is 4.63. The molecule has 0 aliphatic carbocycles. The van der Waals surface area contributed by atoms with Crippen molar-refractivity contribution in [2.45, 2.75) is 11.4 Å². The molecule has 0 radical (unpaired) electrons. The molecule has 7 nitrogen and oxygen atoms in total. The molecule has 0 atom stereocenters. The van der Waals surface area contributed by atoms with E-state index in [1.54, 1.807) is 12.1 Å². The summed E-state index contributed by atoms with van der Waals surface area (Å²) in [6.45, 7) is 0.184. The van der Waals surface area contributed by atoms with Gasteiger partial charge < -0.3 is 10.6 Å². The van der Waals surface area contributed by atoms with Crippen molar-refractivity contribution in [2.75, 3.05) is 5.32 Å². The lowest BCUT2D eigenvalue weighted by Crippen LogP contribution is -2.35. The number of sulfonamides is 1. The van der Waals surface area contributed by atoms with Crippen molar-refractivity contribution in [3.05, 3.63) is 60.2 Å². The van der Waals surface area contributed by atoms with Crippen LogP contribution in [-0.4, -0.2) is 20.2 Å². The molecule has 0 heterocycles. The second-order valence-corrected chi connectivity index (χ2v) is 6.19. The number of amides is 2. The highest BCUT2D eigenvalue weighted by Gasteiger charge is 2.18. The van der Waals surface area contributed by atoms with Gasteiger partial charge in [0, 0.05) is 6.54 Å². The number of carbonyl (C=O) groups excluding carboxylic acids is 2. The van der Waals surface area contributed by atoms with E-state index in [2.05, 4.69) is 10.6 Å². The molecule has 0 saturated heterocycles. The first-order chi connectivity index (χ1) is 10.9. The van der Waals surface area contributed by atoms with Crippen molar-refractivity contribution in [1.29, 1.82) is 0 Å². The van der Waals surface area contributed by atoms with Gasteiger partial charge in [-0.15, -0.1) is 0 Å². The number of nitrogens with two attached hydrogens (primary N) is 1. The maximum atomic E-state index is 11.9. The minimum absolute atomic E-state index is 0.0464. The van der Waals surface area contributed by atoms with Crippen LogP contribution in [0, 0.1) is 0 Å². The van der Waals surface area contributed by atoms with E-state index in [0.29, 0.717) is 0 Å². The van der Waals surface area contributed by atoms with Gasteiger partial charge in [0.25, 0.3) is 0 Å². The topological polar surface area (TPSA) is 118 Å². The summed E-state index contributed by atoms with van der Waals surface area (Å²) in [7, 11) is -4.01.